The van der Waals surface area contributed by atoms with E-state index in [-0.39, 0.29) is 0 Å². The number of nitrogens with zero attached hydrogens (tertiary/aromatic N) is 1. The number of rotatable bonds is 4. The van der Waals surface area contributed by atoms with E-state index in [4.69, 9.17) is 0 Å². The molecule has 2 heteroatoms. The van der Waals surface area contributed by atoms with Crippen LogP contribution in [0, 0.1) is 5.41 Å². The summed E-state index contributed by atoms with van der Waals surface area (Å²) in [5.74, 6) is 0. The van der Waals surface area contributed by atoms with E-state index in [9.17, 15) is 0 Å². The molecule has 1 aliphatic rings. The van der Waals surface area contributed by atoms with Gasteiger partial charge < -0.3 is 9.88 Å². The van der Waals surface area contributed by atoms with Crippen LogP contribution in [0.25, 0.3) is 0 Å². The number of hydrogen-bond acceptors (Lipinski definition) is 1. The van der Waals surface area contributed by atoms with Crippen molar-refractivity contribution >= 4 is 0 Å². The fourth-order valence-electron chi connectivity index (χ4n) is 2.97. The van der Waals surface area contributed by atoms with Crippen LogP contribution in [0.15, 0.2) is 12.4 Å². The molecule has 102 valence electrons. The smallest absolute Gasteiger partial charge is 0.0335 e. The summed E-state index contributed by atoms with van der Waals surface area (Å²) in [6.07, 6.45) is 11.2. The van der Waals surface area contributed by atoms with E-state index in [0.717, 1.165) is 0 Å². The Morgan fingerprint density at radius 2 is 2.11 bits per heavy atom. The minimum Gasteiger partial charge on any atom is -0.354 e. The second-order valence-corrected chi connectivity index (χ2v) is 6.87. The molecule has 18 heavy (non-hydrogen) atoms. The van der Waals surface area contributed by atoms with Gasteiger partial charge in [0.1, 0.15) is 0 Å². The fourth-order valence-corrected chi connectivity index (χ4v) is 2.97. The molecule has 0 amide bonds. The highest BCUT2D eigenvalue weighted by Crippen LogP contribution is 2.30. The molecule has 0 saturated carbocycles. The molecule has 0 bridgehead atoms. The highest BCUT2D eigenvalue weighted by atomic mass is 15.0. The quantitative estimate of drug-likeness (QED) is 0.855. The maximum absolute atomic E-state index is 3.44. The van der Waals surface area contributed by atoms with E-state index < -0.39 is 0 Å². The standard InChI is InChI=1S/C16H28N2/c1-16(2,3)9-6-10-18-11-13-7-5-8-15(17-4)14(13)12-18/h11-12,15,17H,5-10H2,1-4H3. The summed E-state index contributed by atoms with van der Waals surface area (Å²) in [5.41, 5.74) is 3.57. The molecule has 0 aromatic carbocycles. The van der Waals surface area contributed by atoms with E-state index in [2.05, 4.69) is 50.1 Å². The van der Waals surface area contributed by atoms with Gasteiger partial charge in [0.15, 0.2) is 0 Å². The first-order valence-corrected chi connectivity index (χ1v) is 7.35. The highest BCUT2D eigenvalue weighted by Gasteiger charge is 2.20. The van der Waals surface area contributed by atoms with Crippen molar-refractivity contribution in [2.24, 2.45) is 5.41 Å². The molecule has 1 aromatic rings. The Kier molecular flexibility index (Phi) is 4.16. The lowest BCUT2D eigenvalue weighted by molar-refractivity contribution is 0.353. The van der Waals surface area contributed by atoms with Gasteiger partial charge in [-0.15, -0.1) is 0 Å². The molecule has 1 aromatic heterocycles. The van der Waals surface area contributed by atoms with Gasteiger partial charge in [0.25, 0.3) is 0 Å². The Morgan fingerprint density at radius 1 is 1.33 bits per heavy atom. The van der Waals surface area contributed by atoms with Crippen molar-refractivity contribution in [1.82, 2.24) is 9.88 Å². The normalized spacial score (nSPS) is 19.9. The topological polar surface area (TPSA) is 17.0 Å². The zero-order valence-corrected chi connectivity index (χ0v) is 12.4. The largest absolute Gasteiger partial charge is 0.354 e. The molecule has 1 heterocycles. The molecule has 0 radical (unpaired) electrons. The van der Waals surface area contributed by atoms with Gasteiger partial charge >= 0.3 is 0 Å². The monoisotopic (exact) mass is 248 g/mol. The average Bonchev–Trinajstić information content (AvgIpc) is 2.69. The van der Waals surface area contributed by atoms with Crippen LogP contribution in [-0.4, -0.2) is 11.6 Å². The van der Waals surface area contributed by atoms with E-state index in [1.807, 2.05) is 0 Å². The summed E-state index contributed by atoms with van der Waals surface area (Å²) < 4.78 is 2.41. The third-order valence-electron chi connectivity index (χ3n) is 4.00. The van der Waals surface area contributed by atoms with Gasteiger partial charge in [-0.3, -0.25) is 0 Å². The first-order chi connectivity index (χ1) is 8.49. The zero-order chi connectivity index (χ0) is 13.2. The van der Waals surface area contributed by atoms with Gasteiger partial charge in [-0.05, 0) is 55.7 Å². The maximum atomic E-state index is 3.44. The Morgan fingerprint density at radius 3 is 2.78 bits per heavy atom. The van der Waals surface area contributed by atoms with Crippen molar-refractivity contribution in [3.63, 3.8) is 0 Å². The minimum absolute atomic E-state index is 0.459. The predicted molar refractivity (Wildman–Crippen MR) is 77.9 cm³/mol. The molecular formula is C16H28N2. The molecular weight excluding hydrogens is 220 g/mol. The number of nitrogens with one attached hydrogen (secondary N) is 1. The van der Waals surface area contributed by atoms with E-state index in [0.29, 0.717) is 11.5 Å². The van der Waals surface area contributed by atoms with Crippen molar-refractivity contribution in [1.29, 1.82) is 0 Å². The van der Waals surface area contributed by atoms with Gasteiger partial charge in [0, 0.05) is 25.0 Å². The summed E-state index contributed by atoms with van der Waals surface area (Å²) in [6.45, 7) is 8.14. The van der Waals surface area contributed by atoms with Crippen LogP contribution in [-0.2, 0) is 13.0 Å². The van der Waals surface area contributed by atoms with Gasteiger partial charge in [-0.1, -0.05) is 20.8 Å². The summed E-state index contributed by atoms with van der Waals surface area (Å²) in [6, 6.07) is 0.581. The number of fused-ring (bicyclic) bond motifs is 1. The van der Waals surface area contributed by atoms with E-state index in [1.165, 1.54) is 38.6 Å². The van der Waals surface area contributed by atoms with Crippen LogP contribution >= 0.6 is 0 Å². The molecule has 2 rings (SSSR count). The molecule has 2 nitrogen and oxygen atoms in total. The summed E-state index contributed by atoms with van der Waals surface area (Å²) >= 11 is 0. The first kappa shape index (κ1) is 13.7. The van der Waals surface area contributed by atoms with Crippen molar-refractivity contribution in [3.8, 4) is 0 Å². The second kappa shape index (κ2) is 5.48. The predicted octanol–water partition coefficient (Wildman–Crippen LogP) is 3.91. The highest BCUT2D eigenvalue weighted by molar-refractivity contribution is 5.30. The number of aryl methyl sites for hydroxylation is 2. The van der Waals surface area contributed by atoms with Crippen molar-refractivity contribution < 1.29 is 0 Å². The average molecular weight is 248 g/mol. The van der Waals surface area contributed by atoms with Gasteiger partial charge in [-0.2, -0.15) is 0 Å². The minimum atomic E-state index is 0.459. The lowest BCUT2D eigenvalue weighted by atomic mass is 9.91. The lowest BCUT2D eigenvalue weighted by Gasteiger charge is -2.21. The van der Waals surface area contributed by atoms with E-state index in [1.54, 1.807) is 11.1 Å². The van der Waals surface area contributed by atoms with Crippen LogP contribution in [0.4, 0.5) is 0 Å². The van der Waals surface area contributed by atoms with Crippen LogP contribution in [0.2, 0.25) is 0 Å². The van der Waals surface area contributed by atoms with Gasteiger partial charge in [0.05, 0.1) is 0 Å². The first-order valence-electron chi connectivity index (χ1n) is 7.35. The summed E-state index contributed by atoms with van der Waals surface area (Å²) in [5, 5.41) is 3.44. The maximum Gasteiger partial charge on any atom is 0.0335 e. The van der Waals surface area contributed by atoms with Gasteiger partial charge in [-0.25, -0.2) is 0 Å². The zero-order valence-electron chi connectivity index (χ0n) is 12.4. The summed E-state index contributed by atoms with van der Waals surface area (Å²) in [7, 11) is 2.08. The Labute approximate surface area is 112 Å². The van der Waals surface area contributed by atoms with Crippen LogP contribution in [0.5, 0.6) is 0 Å². The Bertz CT molecular complexity index is 384. The number of hydrogen-bond donors (Lipinski definition) is 1. The molecule has 0 aliphatic heterocycles. The lowest BCUT2D eigenvalue weighted by Crippen LogP contribution is -2.20. The fraction of sp³-hybridized carbons (Fsp3) is 0.750. The van der Waals surface area contributed by atoms with Crippen LogP contribution in [0.1, 0.15) is 63.6 Å². The molecule has 1 aliphatic carbocycles. The molecule has 0 saturated heterocycles. The van der Waals surface area contributed by atoms with Crippen molar-refractivity contribution in [2.45, 2.75) is 65.5 Å². The van der Waals surface area contributed by atoms with Crippen molar-refractivity contribution in [2.75, 3.05) is 7.05 Å². The molecule has 0 spiro atoms. The Balaban J connectivity index is 1.97. The summed E-state index contributed by atoms with van der Waals surface area (Å²) in [4.78, 5) is 0. The Hall–Kier alpha value is -0.760. The van der Waals surface area contributed by atoms with Crippen LogP contribution in [0.3, 0.4) is 0 Å². The third kappa shape index (κ3) is 3.38. The molecule has 1 N–H and O–H groups in total. The van der Waals surface area contributed by atoms with Crippen molar-refractivity contribution in [3.05, 3.63) is 23.5 Å². The SMILES string of the molecule is CNC1CCCc2cn(CCCC(C)(C)C)cc21. The van der Waals surface area contributed by atoms with Crippen LogP contribution < -0.4 is 5.32 Å². The van der Waals surface area contributed by atoms with Gasteiger partial charge in [0.2, 0.25) is 0 Å². The molecule has 1 atom stereocenters. The third-order valence-corrected chi connectivity index (χ3v) is 4.00. The van der Waals surface area contributed by atoms with E-state index >= 15 is 0 Å². The molecule has 1 unspecified atom stereocenters. The number of aromatic nitrogens is 1. The second-order valence-electron chi connectivity index (χ2n) is 6.87. The molecule has 0 fully saturated rings.